The van der Waals surface area contributed by atoms with Gasteiger partial charge in [-0.3, -0.25) is 4.79 Å². The van der Waals surface area contributed by atoms with E-state index in [0.717, 1.165) is 53.2 Å². The molecule has 5 heteroatoms. The highest BCUT2D eigenvalue weighted by Crippen LogP contribution is 2.27. The van der Waals surface area contributed by atoms with Gasteiger partial charge in [-0.15, -0.1) is 11.8 Å². The van der Waals surface area contributed by atoms with Gasteiger partial charge in [-0.1, -0.05) is 31.5 Å². The Hall–Kier alpha value is -2.32. The van der Waals surface area contributed by atoms with Crippen molar-refractivity contribution in [3.05, 3.63) is 52.2 Å². The summed E-state index contributed by atoms with van der Waals surface area (Å²) < 4.78 is 0. The van der Waals surface area contributed by atoms with Crippen molar-refractivity contribution in [3.63, 3.8) is 0 Å². The Balaban J connectivity index is 1.63. The van der Waals surface area contributed by atoms with Crippen molar-refractivity contribution in [1.29, 1.82) is 5.26 Å². The first kappa shape index (κ1) is 20.4. The van der Waals surface area contributed by atoms with Gasteiger partial charge in [0, 0.05) is 23.6 Å². The number of carbonyl (C=O) groups is 1. The van der Waals surface area contributed by atoms with Crippen LogP contribution in [0.4, 0.5) is 5.69 Å². The minimum absolute atomic E-state index is 0.00441. The molecule has 0 unspecified atom stereocenters. The van der Waals surface area contributed by atoms with Crippen molar-refractivity contribution in [3.8, 4) is 6.07 Å². The molecule has 1 aliphatic rings. The van der Waals surface area contributed by atoms with Gasteiger partial charge in [-0.05, 0) is 61.8 Å². The second kappa shape index (κ2) is 9.75. The molecule has 1 N–H and O–H groups in total. The van der Waals surface area contributed by atoms with Crippen LogP contribution in [0.3, 0.4) is 0 Å². The van der Waals surface area contributed by atoms with Crippen LogP contribution >= 0.6 is 11.8 Å². The lowest BCUT2D eigenvalue weighted by atomic mass is 10.1. The molecule has 1 heterocycles. The van der Waals surface area contributed by atoms with E-state index in [2.05, 4.69) is 24.4 Å². The normalized spacial score (nSPS) is 13.3. The number of hydrogen-bond donors (Lipinski definition) is 1. The number of nitriles is 1. The summed E-state index contributed by atoms with van der Waals surface area (Å²) >= 11 is 1.51. The molecule has 0 spiro atoms. The maximum atomic E-state index is 12.4. The van der Waals surface area contributed by atoms with Crippen LogP contribution in [-0.2, 0) is 24.1 Å². The predicted molar refractivity (Wildman–Crippen MR) is 115 cm³/mol. The maximum Gasteiger partial charge on any atom is 0.225 e. The number of carbonyl (C=O) groups excluding carboxylic acids is 1. The maximum absolute atomic E-state index is 12.4. The fraction of sp³-hybridized carbons (Fsp3) is 0.435. The van der Waals surface area contributed by atoms with Gasteiger partial charge in [0.05, 0.1) is 5.56 Å². The monoisotopic (exact) mass is 393 g/mol. The number of aromatic nitrogens is 1. The van der Waals surface area contributed by atoms with Crippen LogP contribution in [0.1, 0.15) is 60.6 Å². The molecule has 4 nitrogen and oxygen atoms in total. The smallest absolute Gasteiger partial charge is 0.225 e. The van der Waals surface area contributed by atoms with E-state index < -0.39 is 0 Å². The Bertz CT molecular complexity index is 901. The van der Waals surface area contributed by atoms with Crippen molar-refractivity contribution < 1.29 is 4.79 Å². The van der Waals surface area contributed by atoms with Crippen LogP contribution in [0.5, 0.6) is 0 Å². The number of nitrogens with zero attached hydrogens (tertiary/aromatic N) is 2. The summed E-state index contributed by atoms with van der Waals surface area (Å²) in [6, 6.07) is 10.4. The van der Waals surface area contributed by atoms with E-state index in [0.29, 0.717) is 17.7 Å². The second-order valence-corrected chi connectivity index (χ2v) is 8.31. The van der Waals surface area contributed by atoms with Gasteiger partial charge in [0.1, 0.15) is 11.1 Å². The molecule has 3 rings (SSSR count). The number of benzene rings is 1. The van der Waals surface area contributed by atoms with Crippen molar-refractivity contribution in [2.45, 2.75) is 63.8 Å². The number of nitrogens with one attached hydrogen (secondary N) is 1. The quantitative estimate of drug-likeness (QED) is 0.540. The fourth-order valence-corrected chi connectivity index (χ4v) is 4.54. The third kappa shape index (κ3) is 4.94. The summed E-state index contributed by atoms with van der Waals surface area (Å²) in [4.78, 5) is 17.2. The van der Waals surface area contributed by atoms with Crippen LogP contribution in [0.15, 0.2) is 29.3 Å². The van der Waals surface area contributed by atoms with Gasteiger partial charge in [0.15, 0.2) is 0 Å². The largest absolute Gasteiger partial charge is 0.326 e. The highest BCUT2D eigenvalue weighted by Gasteiger charge is 2.15. The fourth-order valence-electron chi connectivity index (χ4n) is 3.63. The highest BCUT2D eigenvalue weighted by atomic mass is 32.2. The number of thioether (sulfide) groups is 1. The number of fused-ring (bicyclic) bond motifs is 1. The van der Waals surface area contributed by atoms with Crippen LogP contribution < -0.4 is 5.32 Å². The van der Waals surface area contributed by atoms with E-state index in [4.69, 9.17) is 4.98 Å². The number of para-hydroxylation sites is 1. The highest BCUT2D eigenvalue weighted by molar-refractivity contribution is 7.99. The van der Waals surface area contributed by atoms with Gasteiger partial charge in [-0.25, -0.2) is 4.98 Å². The Labute approximate surface area is 171 Å². The van der Waals surface area contributed by atoms with Crippen molar-refractivity contribution in [1.82, 2.24) is 4.98 Å². The summed E-state index contributed by atoms with van der Waals surface area (Å²) in [5.41, 5.74) is 6.16. The molecule has 0 atom stereocenters. The average molecular weight is 394 g/mol. The van der Waals surface area contributed by atoms with E-state index in [1.807, 2.05) is 25.1 Å². The molecule has 146 valence electrons. The summed E-state index contributed by atoms with van der Waals surface area (Å²) in [7, 11) is 0. The average Bonchev–Trinajstić information content (AvgIpc) is 2.93. The zero-order valence-corrected chi connectivity index (χ0v) is 17.5. The lowest BCUT2D eigenvalue weighted by molar-refractivity contribution is -0.115. The van der Waals surface area contributed by atoms with Crippen molar-refractivity contribution in [2.24, 2.45) is 0 Å². The third-order valence-electron chi connectivity index (χ3n) is 5.21. The minimum atomic E-state index is 0.00441. The molecule has 1 aliphatic carbocycles. The molecular formula is C23H27N3OS. The van der Waals surface area contributed by atoms with Gasteiger partial charge >= 0.3 is 0 Å². The number of amides is 1. The zero-order chi connectivity index (χ0) is 19.9. The van der Waals surface area contributed by atoms with Crippen molar-refractivity contribution in [2.75, 3.05) is 11.1 Å². The van der Waals surface area contributed by atoms with Gasteiger partial charge in [-0.2, -0.15) is 5.26 Å². The summed E-state index contributed by atoms with van der Waals surface area (Å²) in [5, 5.41) is 13.3. The zero-order valence-electron chi connectivity index (χ0n) is 16.7. The Morgan fingerprint density at radius 2 is 2.11 bits per heavy atom. The molecule has 0 radical (unpaired) electrons. The van der Waals surface area contributed by atoms with Crippen LogP contribution in [0.2, 0.25) is 0 Å². The number of aryl methyl sites for hydroxylation is 4. The van der Waals surface area contributed by atoms with Gasteiger partial charge < -0.3 is 5.32 Å². The lowest BCUT2D eigenvalue weighted by Gasteiger charge is -2.13. The molecule has 0 fully saturated rings. The Morgan fingerprint density at radius 3 is 2.89 bits per heavy atom. The molecule has 0 bridgehead atoms. The predicted octanol–water partition coefficient (Wildman–Crippen LogP) is 5.21. The molecule has 0 aliphatic heterocycles. The summed E-state index contributed by atoms with van der Waals surface area (Å²) in [6.45, 7) is 4.11. The number of anilines is 1. The molecule has 0 saturated heterocycles. The first-order valence-electron chi connectivity index (χ1n) is 10.1. The van der Waals surface area contributed by atoms with Crippen molar-refractivity contribution >= 4 is 23.4 Å². The summed E-state index contributed by atoms with van der Waals surface area (Å²) in [6.07, 6.45) is 6.84. The molecule has 0 saturated carbocycles. The topological polar surface area (TPSA) is 65.8 Å². The van der Waals surface area contributed by atoms with Crippen LogP contribution in [0, 0.1) is 18.3 Å². The third-order valence-corrected chi connectivity index (χ3v) is 6.20. The van der Waals surface area contributed by atoms with Gasteiger partial charge in [0.25, 0.3) is 0 Å². The molecule has 1 amide bonds. The number of pyridine rings is 1. The SMILES string of the molecule is CCc1cccc(C)c1NC(=O)CCSc1nc2c(cc1C#N)CCCCC2. The van der Waals surface area contributed by atoms with E-state index in [1.165, 1.54) is 30.2 Å². The van der Waals surface area contributed by atoms with E-state index in [1.54, 1.807) is 0 Å². The minimum Gasteiger partial charge on any atom is -0.326 e. The first-order chi connectivity index (χ1) is 13.6. The first-order valence-corrected chi connectivity index (χ1v) is 11.0. The van der Waals surface area contributed by atoms with Crippen LogP contribution in [0.25, 0.3) is 0 Å². The van der Waals surface area contributed by atoms with Crippen LogP contribution in [-0.4, -0.2) is 16.6 Å². The molecule has 1 aromatic heterocycles. The lowest BCUT2D eigenvalue weighted by Crippen LogP contribution is -2.14. The Morgan fingerprint density at radius 1 is 1.29 bits per heavy atom. The number of rotatable bonds is 6. The standard InChI is InChI=1S/C23H27N3OS/c1-3-17-10-7-8-16(2)22(17)26-21(27)12-13-28-23-19(15-24)14-18-9-5-4-6-11-20(18)25-23/h7-8,10,14H,3-6,9,11-13H2,1-2H3,(H,26,27). The van der Waals surface area contributed by atoms with E-state index in [9.17, 15) is 10.1 Å². The second-order valence-electron chi connectivity index (χ2n) is 7.23. The molecule has 1 aromatic carbocycles. The van der Waals surface area contributed by atoms with Gasteiger partial charge in [0.2, 0.25) is 5.91 Å². The van der Waals surface area contributed by atoms with E-state index >= 15 is 0 Å². The molecular weight excluding hydrogens is 366 g/mol. The van der Waals surface area contributed by atoms with E-state index in [-0.39, 0.29) is 5.91 Å². The summed E-state index contributed by atoms with van der Waals surface area (Å²) in [5.74, 6) is 0.615. The molecule has 2 aromatic rings. The Kier molecular flexibility index (Phi) is 7.11. The molecule has 28 heavy (non-hydrogen) atoms. The number of hydrogen-bond acceptors (Lipinski definition) is 4.